The van der Waals surface area contributed by atoms with Gasteiger partial charge in [-0.05, 0) is 43.2 Å². The van der Waals surface area contributed by atoms with Crippen molar-refractivity contribution in [3.8, 4) is 0 Å². The zero-order chi connectivity index (χ0) is 28.4. The Morgan fingerprint density at radius 1 is 1.12 bits per heavy atom. The summed E-state index contributed by atoms with van der Waals surface area (Å²) in [6.07, 6.45) is 7.30. The second-order valence-corrected chi connectivity index (χ2v) is 10.8. The van der Waals surface area contributed by atoms with Gasteiger partial charge in [0.1, 0.15) is 11.9 Å². The molecule has 208 valence electrons. The van der Waals surface area contributed by atoms with Gasteiger partial charge in [0, 0.05) is 41.1 Å². The highest BCUT2D eigenvalue weighted by Crippen LogP contribution is 2.43. The van der Waals surface area contributed by atoms with Gasteiger partial charge in [-0.25, -0.2) is 28.5 Å². The number of carbonyl (C=O) groups excluding carboxylic acids is 1. The highest BCUT2D eigenvalue weighted by Gasteiger charge is 2.38. The molecule has 40 heavy (non-hydrogen) atoms. The van der Waals surface area contributed by atoms with Crippen LogP contribution < -0.4 is 5.32 Å². The summed E-state index contributed by atoms with van der Waals surface area (Å²) in [6.45, 7) is 0. The number of carbonyl (C=O) groups is 2. The number of hydrogen-bond donors (Lipinski definition) is 2. The first kappa shape index (κ1) is 27.8. The van der Waals surface area contributed by atoms with Crippen LogP contribution in [0.3, 0.4) is 0 Å². The largest absolute Gasteiger partial charge is 0.481 e. The van der Waals surface area contributed by atoms with Crippen LogP contribution in [0, 0.1) is 17.6 Å². The molecule has 3 aromatic rings. The summed E-state index contributed by atoms with van der Waals surface area (Å²) < 4.78 is 33.5. The molecule has 1 aliphatic carbocycles. The van der Waals surface area contributed by atoms with Gasteiger partial charge in [0.15, 0.2) is 22.5 Å². The molecular weight excluding hydrogens is 564 g/mol. The predicted octanol–water partition coefficient (Wildman–Crippen LogP) is 4.98. The van der Waals surface area contributed by atoms with Gasteiger partial charge in [0.25, 0.3) is 0 Å². The summed E-state index contributed by atoms with van der Waals surface area (Å²) >= 11 is 7.58. The number of nitrogens with one attached hydrogen (secondary N) is 1. The second kappa shape index (κ2) is 11.8. The Bertz CT molecular complexity index is 1490. The number of rotatable bonds is 7. The SMILES string of the molecule is COC(=O)C1=C([C@H]2CC[C@H](c3ncc(CC(=O)O)cn3)CC2)NC(c2nccs2)=NC1c1ccc(F)c(F)c1Cl. The first-order chi connectivity index (χ1) is 19.3. The predicted molar refractivity (Wildman–Crippen MR) is 143 cm³/mol. The molecule has 2 aromatic heterocycles. The zero-order valence-corrected chi connectivity index (χ0v) is 22.8. The molecule has 5 rings (SSSR count). The van der Waals surface area contributed by atoms with E-state index >= 15 is 0 Å². The van der Waals surface area contributed by atoms with Gasteiger partial charge in [-0.1, -0.05) is 17.7 Å². The molecule has 1 saturated carbocycles. The monoisotopic (exact) mass is 587 g/mol. The molecule has 1 aliphatic heterocycles. The van der Waals surface area contributed by atoms with Crippen LogP contribution >= 0.6 is 22.9 Å². The first-order valence-electron chi connectivity index (χ1n) is 12.5. The van der Waals surface area contributed by atoms with Crippen LogP contribution in [0.4, 0.5) is 8.78 Å². The van der Waals surface area contributed by atoms with Crippen molar-refractivity contribution in [1.82, 2.24) is 20.3 Å². The van der Waals surface area contributed by atoms with E-state index in [4.69, 9.17) is 21.4 Å². The Kier molecular flexibility index (Phi) is 8.17. The number of hydrogen-bond acceptors (Lipinski definition) is 9. The molecule has 2 N–H and O–H groups in total. The Balaban J connectivity index is 1.48. The molecule has 9 nitrogen and oxygen atoms in total. The molecule has 0 amide bonds. The number of thiazole rings is 1. The molecular formula is C27H24ClF2N5O4S. The Hall–Kier alpha value is -3.77. The number of aromatic nitrogens is 3. The zero-order valence-electron chi connectivity index (χ0n) is 21.2. The fraction of sp³-hybridized carbons (Fsp3) is 0.333. The molecule has 1 atom stereocenters. The maximum atomic E-state index is 14.5. The Morgan fingerprint density at radius 3 is 2.45 bits per heavy atom. The van der Waals surface area contributed by atoms with Crippen LogP contribution in [-0.2, 0) is 20.7 Å². The number of benzene rings is 1. The van der Waals surface area contributed by atoms with Gasteiger partial charge < -0.3 is 15.2 Å². The van der Waals surface area contributed by atoms with Gasteiger partial charge in [0.05, 0.1) is 24.1 Å². The highest BCUT2D eigenvalue weighted by molar-refractivity contribution is 7.11. The lowest BCUT2D eigenvalue weighted by atomic mass is 9.77. The van der Waals surface area contributed by atoms with E-state index in [9.17, 15) is 18.4 Å². The lowest BCUT2D eigenvalue weighted by molar-refractivity contribution is -0.137. The van der Waals surface area contributed by atoms with Crippen molar-refractivity contribution >= 4 is 40.7 Å². The third kappa shape index (κ3) is 5.59. The minimum atomic E-state index is -1.22. The van der Waals surface area contributed by atoms with Crippen molar-refractivity contribution in [3.63, 3.8) is 0 Å². The van der Waals surface area contributed by atoms with Crippen LogP contribution in [-0.4, -0.2) is 44.9 Å². The average molecular weight is 588 g/mol. The van der Waals surface area contributed by atoms with Gasteiger partial charge in [-0.3, -0.25) is 9.79 Å². The van der Waals surface area contributed by atoms with E-state index in [0.29, 0.717) is 53.6 Å². The lowest BCUT2D eigenvalue weighted by Gasteiger charge is -2.34. The van der Waals surface area contributed by atoms with Gasteiger partial charge in [-0.2, -0.15) is 0 Å². The van der Waals surface area contributed by atoms with E-state index in [1.165, 1.54) is 36.9 Å². The molecule has 1 unspecified atom stereocenters. The fourth-order valence-corrected chi connectivity index (χ4v) is 5.97. The molecule has 0 bridgehead atoms. The standard InChI is InChI=1S/C27H24ClF2N5O4S/c1-39-27(38)19-22(14-2-4-15(5-3-14)24-32-11-13(12-33-24)10-18(36)37)34-25(26-31-8-9-40-26)35-23(19)16-6-7-17(29)21(30)20(16)28/h6-9,11-12,14-15,23H,2-5,10H2,1H3,(H,34,35)(H,36,37)/t14-,15-,23?. The van der Waals surface area contributed by atoms with Crippen molar-refractivity contribution in [2.45, 2.75) is 44.1 Å². The molecule has 0 saturated heterocycles. The normalized spacial score (nSPS) is 21.0. The number of carboxylic acids is 1. The van der Waals surface area contributed by atoms with Crippen molar-refractivity contribution in [2.24, 2.45) is 10.9 Å². The van der Waals surface area contributed by atoms with Crippen molar-refractivity contribution in [2.75, 3.05) is 7.11 Å². The number of methoxy groups -OCH3 is 1. The van der Waals surface area contributed by atoms with Crippen molar-refractivity contribution < 1.29 is 28.2 Å². The van der Waals surface area contributed by atoms with Crippen LogP contribution in [0.5, 0.6) is 0 Å². The molecule has 0 spiro atoms. The third-order valence-electron chi connectivity index (χ3n) is 7.06. The molecule has 1 fully saturated rings. The Labute approximate surface area is 237 Å². The minimum Gasteiger partial charge on any atom is -0.481 e. The molecule has 3 heterocycles. The Morgan fingerprint density at radius 2 is 1.82 bits per heavy atom. The van der Waals surface area contributed by atoms with E-state index in [-0.39, 0.29) is 29.4 Å². The van der Waals surface area contributed by atoms with Gasteiger partial charge in [-0.15, -0.1) is 11.3 Å². The number of ether oxygens (including phenoxy) is 1. The number of esters is 1. The molecule has 0 radical (unpaired) electrons. The van der Waals surface area contributed by atoms with Gasteiger partial charge in [0.2, 0.25) is 0 Å². The first-order valence-corrected chi connectivity index (χ1v) is 13.8. The summed E-state index contributed by atoms with van der Waals surface area (Å²) in [5.74, 6) is -2.95. The van der Waals surface area contributed by atoms with Gasteiger partial charge >= 0.3 is 11.9 Å². The lowest BCUT2D eigenvalue weighted by Crippen LogP contribution is -2.37. The number of aliphatic carboxylic acids is 1. The van der Waals surface area contributed by atoms with Crippen LogP contribution in [0.2, 0.25) is 5.02 Å². The van der Waals surface area contributed by atoms with Crippen LogP contribution in [0.25, 0.3) is 0 Å². The topological polar surface area (TPSA) is 127 Å². The van der Waals surface area contributed by atoms with Crippen molar-refractivity contribution in [3.05, 3.63) is 86.0 Å². The molecule has 1 aromatic carbocycles. The fourth-order valence-electron chi connectivity index (χ4n) is 5.13. The number of allylic oxidation sites excluding steroid dienone is 1. The minimum absolute atomic E-state index is 0.0597. The highest BCUT2D eigenvalue weighted by atomic mass is 35.5. The van der Waals surface area contributed by atoms with E-state index in [2.05, 4.69) is 25.3 Å². The average Bonchev–Trinajstić information content (AvgIpc) is 3.51. The number of carboxylic acid groups (broad SMARTS) is 1. The molecule has 13 heteroatoms. The van der Waals surface area contributed by atoms with E-state index < -0.39 is 34.6 Å². The number of nitrogens with zero attached hydrogens (tertiary/aromatic N) is 4. The second-order valence-electron chi connectivity index (χ2n) is 9.49. The third-order valence-corrected chi connectivity index (χ3v) is 8.22. The number of aliphatic imine (C=N–C) groups is 1. The van der Waals surface area contributed by atoms with E-state index in [1.807, 2.05) is 0 Å². The summed E-state index contributed by atoms with van der Waals surface area (Å²) in [6, 6.07) is 1.23. The smallest absolute Gasteiger partial charge is 0.338 e. The molecule has 2 aliphatic rings. The van der Waals surface area contributed by atoms with Crippen molar-refractivity contribution in [1.29, 1.82) is 0 Å². The summed E-state index contributed by atoms with van der Waals surface area (Å²) in [5, 5.41) is 14.2. The van der Waals surface area contributed by atoms with Crippen LogP contribution in [0.1, 0.15) is 59.6 Å². The summed E-state index contributed by atoms with van der Waals surface area (Å²) in [4.78, 5) is 41.9. The summed E-state index contributed by atoms with van der Waals surface area (Å²) in [5.41, 5.74) is 1.42. The maximum absolute atomic E-state index is 14.5. The maximum Gasteiger partial charge on any atom is 0.338 e. The number of amidine groups is 1. The number of halogens is 3. The quantitative estimate of drug-likeness (QED) is 0.293. The van der Waals surface area contributed by atoms with E-state index in [1.54, 1.807) is 11.6 Å². The van der Waals surface area contributed by atoms with E-state index in [0.717, 1.165) is 6.07 Å². The summed E-state index contributed by atoms with van der Waals surface area (Å²) in [7, 11) is 1.25. The van der Waals surface area contributed by atoms with Crippen LogP contribution in [0.15, 0.2) is 52.4 Å².